The molecule has 1 aromatic rings. The minimum absolute atomic E-state index is 0.101. The van der Waals surface area contributed by atoms with E-state index >= 15 is 0 Å². The second-order valence-corrected chi connectivity index (χ2v) is 5.00. The second kappa shape index (κ2) is 4.96. The molecular formula is C14H20FN. The van der Waals surface area contributed by atoms with E-state index in [0.29, 0.717) is 12.0 Å². The highest BCUT2D eigenvalue weighted by Crippen LogP contribution is 2.31. The molecule has 0 aliphatic heterocycles. The van der Waals surface area contributed by atoms with Crippen LogP contribution >= 0.6 is 0 Å². The van der Waals surface area contributed by atoms with Gasteiger partial charge in [0.25, 0.3) is 0 Å². The van der Waals surface area contributed by atoms with Gasteiger partial charge in [-0.15, -0.1) is 0 Å². The van der Waals surface area contributed by atoms with E-state index in [1.54, 1.807) is 12.1 Å². The van der Waals surface area contributed by atoms with Gasteiger partial charge in [-0.1, -0.05) is 19.9 Å². The molecule has 1 aliphatic carbocycles. The lowest BCUT2D eigenvalue weighted by molar-refractivity contribution is 0.477. The van der Waals surface area contributed by atoms with Crippen LogP contribution in [0.1, 0.15) is 43.7 Å². The van der Waals surface area contributed by atoms with E-state index in [-0.39, 0.29) is 5.82 Å². The number of hydrogen-bond acceptors (Lipinski definition) is 1. The number of nitrogens with one attached hydrogen (secondary N) is 1. The Kier molecular flexibility index (Phi) is 3.59. The quantitative estimate of drug-likeness (QED) is 0.826. The maximum atomic E-state index is 13.1. The molecule has 16 heavy (non-hydrogen) atoms. The lowest BCUT2D eigenvalue weighted by Gasteiger charge is -2.26. The van der Waals surface area contributed by atoms with Crippen molar-refractivity contribution in [3.8, 4) is 0 Å². The number of rotatable bonds is 3. The maximum absolute atomic E-state index is 13.1. The molecule has 0 saturated heterocycles. The zero-order valence-electron chi connectivity index (χ0n) is 10.1. The van der Waals surface area contributed by atoms with Crippen molar-refractivity contribution in [3.63, 3.8) is 0 Å². The molecule has 2 heteroatoms. The van der Waals surface area contributed by atoms with E-state index in [2.05, 4.69) is 19.2 Å². The molecule has 0 radical (unpaired) electrons. The van der Waals surface area contributed by atoms with Crippen molar-refractivity contribution in [1.29, 1.82) is 0 Å². The zero-order valence-corrected chi connectivity index (χ0v) is 10.1. The first-order chi connectivity index (χ1) is 7.66. The van der Waals surface area contributed by atoms with Crippen molar-refractivity contribution in [2.75, 3.05) is 6.54 Å². The van der Waals surface area contributed by atoms with Crippen molar-refractivity contribution in [3.05, 3.63) is 35.1 Å². The van der Waals surface area contributed by atoms with E-state index in [0.717, 1.165) is 13.0 Å². The van der Waals surface area contributed by atoms with Crippen molar-refractivity contribution in [2.45, 2.75) is 45.1 Å². The summed E-state index contributed by atoms with van der Waals surface area (Å²) in [7, 11) is 0. The summed E-state index contributed by atoms with van der Waals surface area (Å²) in [5, 5.41) is 3.48. The van der Waals surface area contributed by atoms with Crippen LogP contribution in [0.2, 0.25) is 0 Å². The molecule has 0 heterocycles. The summed E-state index contributed by atoms with van der Waals surface area (Å²) >= 11 is 0. The van der Waals surface area contributed by atoms with Crippen LogP contribution in [0.25, 0.3) is 0 Å². The number of benzene rings is 1. The van der Waals surface area contributed by atoms with E-state index in [4.69, 9.17) is 0 Å². The largest absolute Gasteiger partial charge is 0.314 e. The average Bonchev–Trinajstić information content (AvgIpc) is 2.25. The Morgan fingerprint density at radius 1 is 1.44 bits per heavy atom. The van der Waals surface area contributed by atoms with Gasteiger partial charge in [0.1, 0.15) is 5.82 Å². The highest BCUT2D eigenvalue weighted by atomic mass is 19.1. The molecule has 0 spiro atoms. The summed E-state index contributed by atoms with van der Waals surface area (Å²) in [4.78, 5) is 0. The van der Waals surface area contributed by atoms with Gasteiger partial charge in [-0.25, -0.2) is 4.39 Å². The molecule has 1 aliphatic rings. The van der Waals surface area contributed by atoms with Gasteiger partial charge in [-0.2, -0.15) is 0 Å². The van der Waals surface area contributed by atoms with Crippen LogP contribution in [0.3, 0.4) is 0 Å². The molecule has 0 aromatic heterocycles. The minimum atomic E-state index is -0.101. The Labute approximate surface area is 97.1 Å². The lowest BCUT2D eigenvalue weighted by Crippen LogP contribution is -2.29. The first-order valence-corrected chi connectivity index (χ1v) is 6.18. The van der Waals surface area contributed by atoms with Gasteiger partial charge in [-0.05, 0) is 48.4 Å². The van der Waals surface area contributed by atoms with Crippen LogP contribution in [-0.2, 0) is 6.42 Å². The van der Waals surface area contributed by atoms with Gasteiger partial charge in [0, 0.05) is 12.6 Å². The smallest absolute Gasteiger partial charge is 0.123 e. The Hall–Kier alpha value is -0.890. The van der Waals surface area contributed by atoms with Gasteiger partial charge in [0.05, 0.1) is 0 Å². The normalized spacial score (nSPS) is 19.9. The maximum Gasteiger partial charge on any atom is 0.123 e. The lowest BCUT2D eigenvalue weighted by atomic mass is 9.82. The predicted molar refractivity (Wildman–Crippen MR) is 65.2 cm³/mol. The van der Waals surface area contributed by atoms with Crippen LogP contribution < -0.4 is 5.32 Å². The highest BCUT2D eigenvalue weighted by molar-refractivity contribution is 5.33. The molecular weight excluding hydrogens is 201 g/mol. The third-order valence-electron chi connectivity index (χ3n) is 3.32. The van der Waals surface area contributed by atoms with Crippen molar-refractivity contribution in [2.24, 2.45) is 0 Å². The summed E-state index contributed by atoms with van der Waals surface area (Å²) in [5.41, 5.74) is 2.56. The van der Waals surface area contributed by atoms with Crippen LogP contribution in [0, 0.1) is 5.82 Å². The molecule has 1 aromatic carbocycles. The zero-order chi connectivity index (χ0) is 11.5. The molecule has 88 valence electrons. The second-order valence-electron chi connectivity index (χ2n) is 5.00. The van der Waals surface area contributed by atoms with Crippen molar-refractivity contribution in [1.82, 2.24) is 5.32 Å². The van der Waals surface area contributed by atoms with Crippen molar-refractivity contribution >= 4 is 0 Å². The summed E-state index contributed by atoms with van der Waals surface area (Å²) in [6, 6.07) is 5.78. The third-order valence-corrected chi connectivity index (χ3v) is 3.32. The molecule has 1 nitrogen and oxygen atoms in total. The Balaban J connectivity index is 2.13. The van der Waals surface area contributed by atoms with E-state index < -0.39 is 0 Å². The van der Waals surface area contributed by atoms with Crippen LogP contribution in [-0.4, -0.2) is 12.6 Å². The van der Waals surface area contributed by atoms with E-state index in [1.807, 2.05) is 6.07 Å². The van der Waals surface area contributed by atoms with Crippen molar-refractivity contribution < 1.29 is 4.39 Å². The van der Waals surface area contributed by atoms with Gasteiger partial charge in [-0.3, -0.25) is 0 Å². The molecule has 0 bridgehead atoms. The van der Waals surface area contributed by atoms with E-state index in [1.165, 1.54) is 24.0 Å². The molecule has 1 atom stereocenters. The molecule has 0 amide bonds. The molecule has 1 N–H and O–H groups in total. The topological polar surface area (TPSA) is 12.0 Å². The monoisotopic (exact) mass is 221 g/mol. The van der Waals surface area contributed by atoms with E-state index in [9.17, 15) is 4.39 Å². The SMILES string of the molecule is CC(C)NCC1CCCc2cc(F)ccc21. The van der Waals surface area contributed by atoms with Crippen LogP contribution in [0.15, 0.2) is 18.2 Å². The highest BCUT2D eigenvalue weighted by Gasteiger charge is 2.20. The standard InChI is InChI=1S/C14H20FN/c1-10(2)16-9-12-5-3-4-11-8-13(15)6-7-14(11)12/h6-8,10,12,16H,3-5,9H2,1-2H3. The average molecular weight is 221 g/mol. The summed E-state index contributed by atoms with van der Waals surface area (Å²) in [5.74, 6) is 0.461. The molecule has 0 fully saturated rings. The fourth-order valence-corrected chi connectivity index (χ4v) is 2.47. The summed E-state index contributed by atoms with van der Waals surface area (Å²) in [6.07, 6.45) is 3.44. The number of halogens is 1. The first-order valence-electron chi connectivity index (χ1n) is 6.18. The van der Waals surface area contributed by atoms with Gasteiger partial charge < -0.3 is 5.32 Å². The van der Waals surface area contributed by atoms with Gasteiger partial charge in [0.2, 0.25) is 0 Å². The third kappa shape index (κ3) is 2.62. The number of fused-ring (bicyclic) bond motifs is 1. The fraction of sp³-hybridized carbons (Fsp3) is 0.571. The predicted octanol–water partition coefficient (Wildman–Crippen LogP) is 3.24. The van der Waals surface area contributed by atoms with Crippen LogP contribution in [0.4, 0.5) is 4.39 Å². The molecule has 0 saturated carbocycles. The Morgan fingerprint density at radius 2 is 2.25 bits per heavy atom. The molecule has 2 rings (SSSR count). The Morgan fingerprint density at radius 3 is 3.00 bits per heavy atom. The number of aryl methyl sites for hydroxylation is 1. The minimum Gasteiger partial charge on any atom is -0.314 e. The molecule has 1 unspecified atom stereocenters. The van der Waals surface area contributed by atoms with Gasteiger partial charge >= 0.3 is 0 Å². The number of hydrogen-bond donors (Lipinski definition) is 1. The fourth-order valence-electron chi connectivity index (χ4n) is 2.47. The van der Waals surface area contributed by atoms with Crippen LogP contribution in [0.5, 0.6) is 0 Å². The van der Waals surface area contributed by atoms with Gasteiger partial charge in [0.15, 0.2) is 0 Å². The summed E-state index contributed by atoms with van der Waals surface area (Å²) < 4.78 is 13.1. The summed E-state index contributed by atoms with van der Waals surface area (Å²) in [6.45, 7) is 5.33. The Bertz CT molecular complexity index is 360. The first kappa shape index (κ1) is 11.6.